The number of allylic oxidation sites excluding steroid dienone is 1. The molecule has 0 aliphatic rings. The van der Waals surface area contributed by atoms with E-state index in [1.807, 2.05) is 6.07 Å². The number of carbonyl (C=O) groups excluding carboxylic acids is 1. The number of nitriles is 1. The summed E-state index contributed by atoms with van der Waals surface area (Å²) in [6.45, 7) is 0. The van der Waals surface area contributed by atoms with Crippen LogP contribution in [-0.4, -0.2) is 16.3 Å². The van der Waals surface area contributed by atoms with E-state index in [9.17, 15) is 20.0 Å². The summed E-state index contributed by atoms with van der Waals surface area (Å²) < 4.78 is 0. The number of aldehydes is 1. The molecule has 1 aromatic rings. The minimum Gasteiger partial charge on any atom is -0.502 e. The van der Waals surface area contributed by atoms with Crippen LogP contribution >= 0.6 is 0 Å². The second-order valence-corrected chi connectivity index (χ2v) is 3.12. The van der Waals surface area contributed by atoms with E-state index in [0.29, 0.717) is 11.8 Å². The van der Waals surface area contributed by atoms with Gasteiger partial charge < -0.3 is 5.11 Å². The predicted octanol–water partition coefficient (Wildman–Crippen LogP) is 2.04. The lowest BCUT2D eigenvalue weighted by atomic mass is 10.1. The number of nitrogens with zero attached hydrogens (tertiary/aromatic N) is 2. The fourth-order valence-corrected chi connectivity index (χ4v) is 1.24. The largest absolute Gasteiger partial charge is 0.502 e. The van der Waals surface area contributed by atoms with Crippen molar-refractivity contribution in [3.8, 4) is 11.8 Å². The highest BCUT2D eigenvalue weighted by Gasteiger charge is 2.17. The second kappa shape index (κ2) is 5.42. The van der Waals surface area contributed by atoms with Crippen LogP contribution in [0.4, 0.5) is 5.69 Å². The van der Waals surface area contributed by atoms with Gasteiger partial charge in [0.2, 0.25) is 5.75 Å². The van der Waals surface area contributed by atoms with Gasteiger partial charge in [0.05, 0.1) is 23.0 Å². The molecule has 0 saturated carbocycles. The molecule has 0 radical (unpaired) electrons. The average Bonchev–Trinajstić information content (AvgIpc) is 2.30. The van der Waals surface area contributed by atoms with Gasteiger partial charge >= 0.3 is 5.69 Å². The highest BCUT2D eigenvalue weighted by atomic mass is 16.6. The van der Waals surface area contributed by atoms with Crippen molar-refractivity contribution < 1.29 is 14.8 Å². The molecule has 6 heteroatoms. The van der Waals surface area contributed by atoms with Gasteiger partial charge in [0.15, 0.2) is 6.29 Å². The molecule has 0 aliphatic carbocycles. The SMILES string of the molecule is N#CCC=Cc1cc(C=O)c(O)c([N+](=O)[O-])c1. The maximum atomic E-state index is 10.6. The zero-order chi connectivity index (χ0) is 12.8. The molecular weight excluding hydrogens is 224 g/mol. The van der Waals surface area contributed by atoms with Gasteiger partial charge in [-0.25, -0.2) is 0 Å². The third kappa shape index (κ3) is 2.89. The quantitative estimate of drug-likeness (QED) is 0.485. The maximum absolute atomic E-state index is 10.6. The zero-order valence-electron chi connectivity index (χ0n) is 8.66. The van der Waals surface area contributed by atoms with Crippen molar-refractivity contribution in [2.75, 3.05) is 0 Å². The highest BCUT2D eigenvalue weighted by molar-refractivity contribution is 5.83. The summed E-state index contributed by atoms with van der Waals surface area (Å²) in [6.07, 6.45) is 3.47. The van der Waals surface area contributed by atoms with Crippen molar-refractivity contribution >= 4 is 18.0 Å². The normalized spacial score (nSPS) is 10.1. The minimum atomic E-state index is -0.774. The molecule has 0 spiro atoms. The molecule has 17 heavy (non-hydrogen) atoms. The molecule has 0 amide bonds. The molecular formula is C11H8N2O4. The molecule has 0 saturated heterocycles. The van der Waals surface area contributed by atoms with Crippen LogP contribution in [-0.2, 0) is 0 Å². The summed E-state index contributed by atoms with van der Waals surface area (Å²) >= 11 is 0. The monoisotopic (exact) mass is 232 g/mol. The van der Waals surface area contributed by atoms with Crippen molar-refractivity contribution in [3.63, 3.8) is 0 Å². The van der Waals surface area contributed by atoms with Crippen LogP contribution in [0.3, 0.4) is 0 Å². The number of nitro benzene ring substituents is 1. The molecule has 1 rings (SSSR count). The Kier molecular flexibility index (Phi) is 3.95. The summed E-state index contributed by atoms with van der Waals surface area (Å²) in [7, 11) is 0. The van der Waals surface area contributed by atoms with Gasteiger partial charge in [-0.2, -0.15) is 5.26 Å². The Morgan fingerprint density at radius 3 is 2.76 bits per heavy atom. The molecule has 1 aromatic carbocycles. The zero-order valence-corrected chi connectivity index (χ0v) is 8.66. The Hall–Kier alpha value is -2.68. The molecule has 0 aromatic heterocycles. The second-order valence-electron chi connectivity index (χ2n) is 3.12. The molecule has 6 nitrogen and oxygen atoms in total. The standard InChI is InChI=1S/C11H8N2O4/c12-4-2-1-3-8-5-9(7-14)11(15)10(6-8)13(16)17/h1,3,5-7,15H,2H2. The van der Waals surface area contributed by atoms with Crippen LogP contribution < -0.4 is 0 Å². The lowest BCUT2D eigenvalue weighted by molar-refractivity contribution is -0.385. The Morgan fingerprint density at radius 2 is 2.24 bits per heavy atom. The molecule has 0 atom stereocenters. The lowest BCUT2D eigenvalue weighted by Crippen LogP contribution is -1.93. The van der Waals surface area contributed by atoms with Gasteiger partial charge in [0.25, 0.3) is 0 Å². The van der Waals surface area contributed by atoms with E-state index in [4.69, 9.17) is 5.26 Å². The first-order valence-electron chi connectivity index (χ1n) is 4.60. The van der Waals surface area contributed by atoms with Crippen molar-refractivity contribution in [3.05, 3.63) is 39.4 Å². The number of phenolic OH excluding ortho intramolecular Hbond substituents is 1. The molecule has 0 fully saturated rings. The fourth-order valence-electron chi connectivity index (χ4n) is 1.24. The highest BCUT2D eigenvalue weighted by Crippen LogP contribution is 2.30. The van der Waals surface area contributed by atoms with Gasteiger partial charge in [-0.05, 0) is 11.6 Å². The fraction of sp³-hybridized carbons (Fsp3) is 0.0909. The van der Waals surface area contributed by atoms with E-state index in [1.54, 1.807) is 0 Å². The number of hydrogen-bond donors (Lipinski definition) is 1. The number of benzene rings is 1. The lowest BCUT2D eigenvalue weighted by Gasteiger charge is -2.01. The number of nitro groups is 1. The van der Waals surface area contributed by atoms with Crippen LogP contribution in [0.15, 0.2) is 18.2 Å². The third-order valence-corrected chi connectivity index (χ3v) is 1.98. The molecule has 86 valence electrons. The van der Waals surface area contributed by atoms with Crippen molar-refractivity contribution in [2.24, 2.45) is 0 Å². The van der Waals surface area contributed by atoms with Gasteiger partial charge in [-0.1, -0.05) is 12.2 Å². The Labute approximate surface area is 96.6 Å². The molecule has 1 N–H and O–H groups in total. The van der Waals surface area contributed by atoms with E-state index in [2.05, 4.69) is 0 Å². The topological polar surface area (TPSA) is 104 Å². The molecule has 0 heterocycles. The third-order valence-electron chi connectivity index (χ3n) is 1.98. The average molecular weight is 232 g/mol. The van der Waals surface area contributed by atoms with Crippen LogP contribution in [0.25, 0.3) is 6.08 Å². The van der Waals surface area contributed by atoms with Gasteiger partial charge in [-0.15, -0.1) is 0 Å². The summed E-state index contributed by atoms with van der Waals surface area (Å²) in [5, 5.41) is 28.4. The van der Waals surface area contributed by atoms with Crippen molar-refractivity contribution in [1.29, 1.82) is 5.26 Å². The first kappa shape index (κ1) is 12.4. The summed E-state index contributed by atoms with van der Waals surface area (Å²) in [4.78, 5) is 20.5. The van der Waals surface area contributed by atoms with Gasteiger partial charge in [-0.3, -0.25) is 14.9 Å². The number of aromatic hydroxyl groups is 1. The summed E-state index contributed by atoms with van der Waals surface area (Å²) in [6, 6.07) is 4.32. The minimum absolute atomic E-state index is 0.157. The Morgan fingerprint density at radius 1 is 1.53 bits per heavy atom. The molecule has 0 bridgehead atoms. The van der Waals surface area contributed by atoms with Crippen molar-refractivity contribution in [2.45, 2.75) is 6.42 Å². The van der Waals surface area contributed by atoms with Crippen LogP contribution in [0, 0.1) is 21.4 Å². The summed E-state index contributed by atoms with van der Waals surface area (Å²) in [5.74, 6) is -0.651. The summed E-state index contributed by atoms with van der Waals surface area (Å²) in [5.41, 5.74) is -0.311. The molecule has 0 aliphatic heterocycles. The van der Waals surface area contributed by atoms with Crippen molar-refractivity contribution in [1.82, 2.24) is 0 Å². The van der Waals surface area contributed by atoms with Gasteiger partial charge in [0, 0.05) is 6.07 Å². The first-order valence-corrected chi connectivity index (χ1v) is 4.60. The van der Waals surface area contributed by atoms with E-state index in [0.717, 1.165) is 6.07 Å². The van der Waals surface area contributed by atoms with Crippen LogP contribution in [0.5, 0.6) is 5.75 Å². The van der Waals surface area contributed by atoms with E-state index in [1.165, 1.54) is 18.2 Å². The number of rotatable bonds is 4. The van der Waals surface area contributed by atoms with E-state index >= 15 is 0 Å². The smallest absolute Gasteiger partial charge is 0.312 e. The molecule has 0 unspecified atom stereocenters. The Bertz CT molecular complexity index is 529. The van der Waals surface area contributed by atoms with Gasteiger partial charge in [0.1, 0.15) is 0 Å². The first-order chi connectivity index (χ1) is 8.10. The maximum Gasteiger partial charge on any atom is 0.312 e. The van der Waals surface area contributed by atoms with E-state index in [-0.39, 0.29) is 12.0 Å². The number of carbonyl (C=O) groups is 1. The number of phenols is 1. The van der Waals surface area contributed by atoms with E-state index < -0.39 is 16.4 Å². The van der Waals surface area contributed by atoms with Crippen LogP contribution in [0.1, 0.15) is 22.3 Å². The number of hydrogen-bond acceptors (Lipinski definition) is 5. The predicted molar refractivity (Wildman–Crippen MR) is 59.4 cm³/mol. The van der Waals surface area contributed by atoms with Crippen LogP contribution in [0.2, 0.25) is 0 Å². The Balaban J connectivity index is 3.26.